The lowest BCUT2D eigenvalue weighted by atomic mass is 10.2. The van der Waals surface area contributed by atoms with Crippen molar-refractivity contribution >= 4 is 17.9 Å². The zero-order chi connectivity index (χ0) is 19.9. The standard InChI is InChI=1S/C10H12O4.C8H12O4/c1-6(2)10(13)14-7-3-4-8(11)9(12)5-7;1-5(2)8(10)12-6-3-7(9)11-4-6/h3-6,11-12H,1-2H3;5-6H,3-4H2,1-2H3. The molecule has 1 atom stereocenters. The van der Waals surface area contributed by atoms with E-state index in [0.29, 0.717) is 0 Å². The van der Waals surface area contributed by atoms with Gasteiger partial charge in [-0.05, 0) is 12.1 Å². The van der Waals surface area contributed by atoms with Crippen molar-refractivity contribution in [1.29, 1.82) is 0 Å². The van der Waals surface area contributed by atoms with Crippen molar-refractivity contribution in [3.05, 3.63) is 18.2 Å². The summed E-state index contributed by atoms with van der Waals surface area (Å²) in [6, 6.07) is 3.86. The Morgan fingerprint density at radius 1 is 1.08 bits per heavy atom. The summed E-state index contributed by atoms with van der Waals surface area (Å²) in [4.78, 5) is 32.7. The van der Waals surface area contributed by atoms with E-state index in [4.69, 9.17) is 19.7 Å². The van der Waals surface area contributed by atoms with Crippen LogP contribution in [0.3, 0.4) is 0 Å². The van der Waals surface area contributed by atoms with Crippen molar-refractivity contribution in [1.82, 2.24) is 0 Å². The number of phenolic OH excluding ortho intramolecular Hbond substituents is 2. The first-order chi connectivity index (χ1) is 12.1. The van der Waals surface area contributed by atoms with E-state index < -0.39 is 0 Å². The topological polar surface area (TPSA) is 119 Å². The van der Waals surface area contributed by atoms with Gasteiger partial charge in [0.1, 0.15) is 18.5 Å². The molecule has 0 bridgehead atoms. The minimum absolute atomic E-state index is 0.152. The van der Waals surface area contributed by atoms with Crippen LogP contribution < -0.4 is 4.74 Å². The normalized spacial score (nSPS) is 15.9. The Labute approximate surface area is 151 Å². The Morgan fingerprint density at radius 2 is 1.69 bits per heavy atom. The fourth-order valence-corrected chi connectivity index (χ4v) is 1.67. The second-order valence-electron chi connectivity index (χ2n) is 6.33. The van der Waals surface area contributed by atoms with Gasteiger partial charge in [0.15, 0.2) is 11.5 Å². The summed E-state index contributed by atoms with van der Waals surface area (Å²) >= 11 is 0. The molecule has 1 heterocycles. The third-order valence-electron chi connectivity index (χ3n) is 3.22. The van der Waals surface area contributed by atoms with E-state index in [0.717, 1.165) is 0 Å². The summed E-state index contributed by atoms with van der Waals surface area (Å²) in [5.74, 6) is -1.66. The monoisotopic (exact) mass is 368 g/mol. The predicted molar refractivity (Wildman–Crippen MR) is 90.5 cm³/mol. The molecule has 0 aromatic heterocycles. The lowest BCUT2D eigenvalue weighted by molar-refractivity contribution is -0.152. The summed E-state index contributed by atoms with van der Waals surface area (Å²) in [7, 11) is 0. The van der Waals surface area contributed by atoms with Gasteiger partial charge in [0.25, 0.3) is 0 Å². The zero-order valence-corrected chi connectivity index (χ0v) is 15.2. The van der Waals surface area contributed by atoms with Crippen molar-refractivity contribution in [2.45, 2.75) is 40.2 Å². The van der Waals surface area contributed by atoms with Crippen LogP contribution in [-0.4, -0.2) is 40.8 Å². The first-order valence-corrected chi connectivity index (χ1v) is 8.20. The number of hydrogen-bond acceptors (Lipinski definition) is 8. The number of phenols is 2. The molecule has 0 saturated carbocycles. The first kappa shape index (κ1) is 21.3. The largest absolute Gasteiger partial charge is 0.504 e. The van der Waals surface area contributed by atoms with E-state index in [1.54, 1.807) is 27.7 Å². The van der Waals surface area contributed by atoms with E-state index >= 15 is 0 Å². The van der Waals surface area contributed by atoms with Gasteiger partial charge in [0, 0.05) is 6.07 Å². The summed E-state index contributed by atoms with van der Waals surface area (Å²) in [6.07, 6.45) is -0.175. The van der Waals surface area contributed by atoms with Crippen molar-refractivity contribution in [2.24, 2.45) is 11.8 Å². The van der Waals surface area contributed by atoms with E-state index in [9.17, 15) is 14.4 Å². The van der Waals surface area contributed by atoms with Crippen molar-refractivity contribution in [3.63, 3.8) is 0 Å². The third-order valence-corrected chi connectivity index (χ3v) is 3.22. The molecule has 1 aromatic rings. The number of hydrogen-bond donors (Lipinski definition) is 2. The molecule has 0 amide bonds. The quantitative estimate of drug-likeness (QED) is 0.471. The van der Waals surface area contributed by atoms with Gasteiger partial charge in [-0.1, -0.05) is 27.7 Å². The minimum Gasteiger partial charge on any atom is -0.504 e. The fraction of sp³-hybridized carbons (Fsp3) is 0.500. The van der Waals surface area contributed by atoms with E-state index in [1.807, 2.05) is 0 Å². The highest BCUT2D eigenvalue weighted by molar-refractivity contribution is 5.75. The van der Waals surface area contributed by atoms with Gasteiger partial charge in [-0.15, -0.1) is 0 Å². The second-order valence-corrected chi connectivity index (χ2v) is 6.33. The average molecular weight is 368 g/mol. The maximum Gasteiger partial charge on any atom is 0.313 e. The molecule has 1 aromatic carbocycles. The van der Waals surface area contributed by atoms with Crippen molar-refractivity contribution < 1.29 is 38.8 Å². The van der Waals surface area contributed by atoms with Crippen LogP contribution in [0.5, 0.6) is 17.2 Å². The number of aromatic hydroxyl groups is 2. The Bertz CT molecular complexity index is 651. The van der Waals surface area contributed by atoms with Crippen LogP contribution in [0.25, 0.3) is 0 Å². The van der Waals surface area contributed by atoms with Crippen LogP contribution in [0.4, 0.5) is 0 Å². The molecule has 1 aliphatic rings. The van der Waals surface area contributed by atoms with Crippen LogP contribution >= 0.6 is 0 Å². The molecule has 2 rings (SSSR count). The molecule has 8 nitrogen and oxygen atoms in total. The lowest BCUT2D eigenvalue weighted by Crippen LogP contribution is -2.21. The van der Waals surface area contributed by atoms with Crippen LogP contribution in [0.1, 0.15) is 34.1 Å². The number of ether oxygens (including phenoxy) is 3. The highest BCUT2D eigenvalue weighted by Crippen LogP contribution is 2.28. The number of cyclic esters (lactones) is 1. The summed E-state index contributed by atoms with van der Waals surface area (Å²) in [5, 5.41) is 18.1. The van der Waals surface area contributed by atoms with Crippen molar-refractivity contribution in [3.8, 4) is 17.2 Å². The van der Waals surface area contributed by atoms with Gasteiger partial charge in [-0.2, -0.15) is 0 Å². The highest BCUT2D eigenvalue weighted by atomic mass is 16.6. The van der Waals surface area contributed by atoms with Crippen LogP contribution in [0.15, 0.2) is 18.2 Å². The average Bonchev–Trinajstić information content (AvgIpc) is 2.96. The van der Waals surface area contributed by atoms with E-state index in [1.165, 1.54) is 18.2 Å². The Hall–Kier alpha value is -2.77. The molecule has 1 unspecified atom stereocenters. The Balaban J connectivity index is 0.000000263. The van der Waals surface area contributed by atoms with Crippen LogP contribution in [-0.2, 0) is 23.9 Å². The molecule has 2 N–H and O–H groups in total. The lowest BCUT2D eigenvalue weighted by Gasteiger charge is -2.10. The summed E-state index contributed by atoms with van der Waals surface area (Å²) < 4.78 is 14.5. The fourth-order valence-electron chi connectivity index (χ4n) is 1.67. The molecular weight excluding hydrogens is 344 g/mol. The molecule has 144 valence electrons. The van der Waals surface area contributed by atoms with Gasteiger partial charge in [0.05, 0.1) is 18.3 Å². The summed E-state index contributed by atoms with van der Waals surface area (Å²) in [6.45, 7) is 7.13. The molecule has 26 heavy (non-hydrogen) atoms. The molecule has 0 radical (unpaired) electrons. The van der Waals surface area contributed by atoms with Gasteiger partial charge in [-0.25, -0.2) is 0 Å². The number of rotatable bonds is 4. The van der Waals surface area contributed by atoms with Gasteiger partial charge < -0.3 is 24.4 Å². The molecule has 0 spiro atoms. The molecule has 1 fully saturated rings. The molecule has 0 aliphatic carbocycles. The maximum absolute atomic E-state index is 11.1. The van der Waals surface area contributed by atoms with Gasteiger partial charge in [0.2, 0.25) is 0 Å². The molecular formula is C18H24O8. The Kier molecular flexibility index (Phi) is 7.89. The van der Waals surface area contributed by atoms with Gasteiger partial charge >= 0.3 is 17.9 Å². The number of carbonyl (C=O) groups excluding carboxylic acids is 3. The third kappa shape index (κ3) is 7.00. The number of carbonyl (C=O) groups is 3. The molecule has 1 saturated heterocycles. The Morgan fingerprint density at radius 3 is 2.15 bits per heavy atom. The molecule has 1 aliphatic heterocycles. The van der Waals surface area contributed by atoms with Crippen LogP contribution in [0, 0.1) is 11.8 Å². The number of benzene rings is 1. The van der Waals surface area contributed by atoms with Crippen molar-refractivity contribution in [2.75, 3.05) is 6.61 Å². The smallest absolute Gasteiger partial charge is 0.313 e. The number of esters is 3. The minimum atomic E-state index is -0.380. The first-order valence-electron chi connectivity index (χ1n) is 8.20. The maximum atomic E-state index is 11.1. The predicted octanol–water partition coefficient (Wildman–Crippen LogP) is 2.16. The molecule has 8 heteroatoms. The van der Waals surface area contributed by atoms with E-state index in [2.05, 4.69) is 4.74 Å². The second kappa shape index (κ2) is 9.65. The highest BCUT2D eigenvalue weighted by Gasteiger charge is 2.27. The summed E-state index contributed by atoms with van der Waals surface area (Å²) in [5.41, 5.74) is 0. The van der Waals surface area contributed by atoms with E-state index in [-0.39, 0.29) is 66.1 Å². The zero-order valence-electron chi connectivity index (χ0n) is 15.2. The SMILES string of the molecule is CC(C)C(=O)OC1COC(=O)C1.CC(C)C(=O)Oc1ccc(O)c(O)c1. The van der Waals surface area contributed by atoms with Gasteiger partial charge in [-0.3, -0.25) is 14.4 Å². The van der Waals surface area contributed by atoms with Crippen LogP contribution in [0.2, 0.25) is 0 Å².